The lowest BCUT2D eigenvalue weighted by molar-refractivity contribution is -0.139. The van der Waals surface area contributed by atoms with Gasteiger partial charge in [0.1, 0.15) is 13.2 Å². The molecule has 26 heavy (non-hydrogen) atoms. The highest BCUT2D eigenvalue weighted by atomic mass is 35.5. The lowest BCUT2D eigenvalue weighted by atomic mass is 9.97. The second kappa shape index (κ2) is 8.60. The molecule has 1 heterocycles. The topological polar surface area (TPSA) is 93.9 Å². The summed E-state index contributed by atoms with van der Waals surface area (Å²) >= 11 is 0. The molecule has 0 saturated heterocycles. The molecule has 2 amide bonds. The Kier molecular flexibility index (Phi) is 6.72. The number of ether oxygens (including phenoxy) is 2. The molecule has 0 aromatic heterocycles. The summed E-state index contributed by atoms with van der Waals surface area (Å²) in [5.74, 6) is 0.888. The Morgan fingerprint density at radius 3 is 2.50 bits per heavy atom. The third kappa shape index (κ3) is 4.40. The van der Waals surface area contributed by atoms with Crippen molar-refractivity contribution in [3.05, 3.63) is 18.2 Å². The molecule has 3 N–H and O–H groups in total. The van der Waals surface area contributed by atoms with Gasteiger partial charge in [0.2, 0.25) is 11.8 Å². The molecule has 2 aliphatic rings. The maximum Gasteiger partial charge on any atom is 0.243 e. The number of hydrogen-bond donors (Lipinski definition) is 2. The van der Waals surface area contributed by atoms with Crippen molar-refractivity contribution in [3.63, 3.8) is 0 Å². The van der Waals surface area contributed by atoms with E-state index in [2.05, 4.69) is 5.32 Å². The molecule has 8 heteroatoms. The Balaban J connectivity index is 0.00000243. The molecular formula is C18H26ClN3O4. The van der Waals surface area contributed by atoms with Crippen LogP contribution < -0.4 is 20.5 Å². The molecule has 1 aromatic carbocycles. The van der Waals surface area contributed by atoms with Crippen molar-refractivity contribution in [2.45, 2.75) is 38.1 Å². The van der Waals surface area contributed by atoms with Gasteiger partial charge in [0.25, 0.3) is 0 Å². The SMILES string of the molecule is CCN(CC(=O)Nc1ccc2c(c1)OCCO2)C(=O)C1(N)CCCC1.Cl. The Hall–Kier alpha value is -1.99. The normalized spacial score (nSPS) is 17.2. The number of hydrogen-bond acceptors (Lipinski definition) is 5. The highest BCUT2D eigenvalue weighted by Crippen LogP contribution is 2.32. The minimum atomic E-state index is -0.812. The summed E-state index contributed by atoms with van der Waals surface area (Å²) in [6, 6.07) is 5.25. The van der Waals surface area contributed by atoms with Crippen molar-refractivity contribution in [2.24, 2.45) is 5.73 Å². The Bertz CT molecular complexity index is 662. The number of likely N-dealkylation sites (N-methyl/N-ethyl adjacent to an activating group) is 1. The van der Waals surface area contributed by atoms with Crippen LogP contribution in [-0.4, -0.2) is 48.6 Å². The molecule has 0 radical (unpaired) electrons. The van der Waals surface area contributed by atoms with Crippen LogP contribution in [0.4, 0.5) is 5.69 Å². The van der Waals surface area contributed by atoms with E-state index >= 15 is 0 Å². The third-order valence-electron chi connectivity index (χ3n) is 4.75. The number of nitrogens with one attached hydrogen (secondary N) is 1. The minimum absolute atomic E-state index is 0. The summed E-state index contributed by atoms with van der Waals surface area (Å²) in [5.41, 5.74) is 6.03. The molecule has 1 aliphatic carbocycles. The van der Waals surface area contributed by atoms with Crippen LogP contribution >= 0.6 is 12.4 Å². The second-order valence-corrected chi connectivity index (χ2v) is 6.59. The van der Waals surface area contributed by atoms with Gasteiger partial charge in [-0.3, -0.25) is 9.59 Å². The molecular weight excluding hydrogens is 358 g/mol. The van der Waals surface area contributed by atoms with E-state index in [-0.39, 0.29) is 30.8 Å². The predicted octanol–water partition coefficient (Wildman–Crippen LogP) is 1.94. The van der Waals surface area contributed by atoms with E-state index in [0.717, 1.165) is 12.8 Å². The molecule has 0 spiro atoms. The van der Waals surface area contributed by atoms with E-state index in [1.807, 2.05) is 6.92 Å². The number of carbonyl (C=O) groups is 2. The number of halogens is 1. The predicted molar refractivity (Wildman–Crippen MR) is 101 cm³/mol. The summed E-state index contributed by atoms with van der Waals surface area (Å²) in [6.45, 7) is 3.30. The number of nitrogens with zero attached hydrogens (tertiary/aromatic N) is 1. The first-order valence-electron chi connectivity index (χ1n) is 8.79. The monoisotopic (exact) mass is 383 g/mol. The lowest BCUT2D eigenvalue weighted by Crippen LogP contribution is -2.55. The fraction of sp³-hybridized carbons (Fsp3) is 0.556. The minimum Gasteiger partial charge on any atom is -0.486 e. The fourth-order valence-corrected chi connectivity index (χ4v) is 3.36. The highest BCUT2D eigenvalue weighted by molar-refractivity contribution is 5.96. The fourth-order valence-electron chi connectivity index (χ4n) is 3.36. The van der Waals surface area contributed by atoms with Gasteiger partial charge in [-0.05, 0) is 31.9 Å². The number of anilines is 1. The Morgan fingerprint density at radius 1 is 1.19 bits per heavy atom. The standard InChI is InChI=1S/C18H25N3O4.ClH/c1-2-21(17(23)18(19)7-3-4-8-18)12-16(22)20-13-5-6-14-15(11-13)25-10-9-24-14;/h5-6,11H,2-4,7-10,12,19H2,1H3,(H,20,22);1H. The van der Waals surface area contributed by atoms with Crippen molar-refractivity contribution in [1.82, 2.24) is 4.90 Å². The lowest BCUT2D eigenvalue weighted by Gasteiger charge is -2.30. The van der Waals surface area contributed by atoms with Gasteiger partial charge < -0.3 is 25.4 Å². The van der Waals surface area contributed by atoms with E-state index in [1.54, 1.807) is 18.2 Å². The third-order valence-corrected chi connectivity index (χ3v) is 4.75. The first-order valence-corrected chi connectivity index (χ1v) is 8.79. The molecule has 1 aliphatic heterocycles. The van der Waals surface area contributed by atoms with E-state index in [0.29, 0.717) is 49.8 Å². The summed E-state index contributed by atoms with van der Waals surface area (Å²) in [5, 5.41) is 2.81. The van der Waals surface area contributed by atoms with E-state index in [1.165, 1.54) is 4.90 Å². The largest absolute Gasteiger partial charge is 0.486 e. The molecule has 1 aromatic rings. The molecule has 1 fully saturated rings. The number of rotatable bonds is 5. The zero-order valence-corrected chi connectivity index (χ0v) is 15.8. The zero-order chi connectivity index (χ0) is 17.9. The first kappa shape index (κ1) is 20.3. The maximum atomic E-state index is 12.7. The van der Waals surface area contributed by atoms with Gasteiger partial charge in [0.05, 0.1) is 12.1 Å². The molecule has 0 atom stereocenters. The average Bonchev–Trinajstić information content (AvgIpc) is 3.07. The Labute approximate surface area is 159 Å². The molecule has 1 saturated carbocycles. The van der Waals surface area contributed by atoms with Crippen LogP contribution in [0.1, 0.15) is 32.6 Å². The summed E-state index contributed by atoms with van der Waals surface area (Å²) in [7, 11) is 0. The van der Waals surface area contributed by atoms with Gasteiger partial charge >= 0.3 is 0 Å². The van der Waals surface area contributed by atoms with E-state index in [9.17, 15) is 9.59 Å². The van der Waals surface area contributed by atoms with Crippen molar-refractivity contribution < 1.29 is 19.1 Å². The number of carbonyl (C=O) groups excluding carboxylic acids is 2. The van der Waals surface area contributed by atoms with Gasteiger partial charge in [-0.25, -0.2) is 0 Å². The number of benzene rings is 1. The van der Waals surface area contributed by atoms with Crippen LogP contribution in [0.2, 0.25) is 0 Å². The van der Waals surface area contributed by atoms with Crippen molar-refractivity contribution >= 4 is 29.9 Å². The van der Waals surface area contributed by atoms with Crippen LogP contribution in [-0.2, 0) is 9.59 Å². The molecule has 3 rings (SSSR count). The van der Waals surface area contributed by atoms with Gasteiger partial charge in [0.15, 0.2) is 11.5 Å². The number of fused-ring (bicyclic) bond motifs is 1. The summed E-state index contributed by atoms with van der Waals surface area (Å²) in [6.07, 6.45) is 3.30. The van der Waals surface area contributed by atoms with Crippen molar-refractivity contribution in [2.75, 3.05) is 31.6 Å². The van der Waals surface area contributed by atoms with Crippen LogP contribution in [0.15, 0.2) is 18.2 Å². The second-order valence-electron chi connectivity index (χ2n) is 6.59. The van der Waals surface area contributed by atoms with Crippen molar-refractivity contribution in [1.29, 1.82) is 0 Å². The van der Waals surface area contributed by atoms with Gasteiger partial charge in [-0.2, -0.15) is 0 Å². The van der Waals surface area contributed by atoms with E-state index < -0.39 is 5.54 Å². The average molecular weight is 384 g/mol. The number of amides is 2. The highest BCUT2D eigenvalue weighted by Gasteiger charge is 2.39. The number of nitrogens with two attached hydrogens (primary N) is 1. The quantitative estimate of drug-likeness (QED) is 0.810. The molecule has 7 nitrogen and oxygen atoms in total. The van der Waals surface area contributed by atoms with Crippen molar-refractivity contribution in [3.8, 4) is 11.5 Å². The van der Waals surface area contributed by atoms with E-state index in [4.69, 9.17) is 15.2 Å². The van der Waals surface area contributed by atoms with Crippen LogP contribution in [0, 0.1) is 0 Å². The zero-order valence-electron chi connectivity index (χ0n) is 15.0. The summed E-state index contributed by atoms with van der Waals surface area (Å²) in [4.78, 5) is 26.5. The maximum absolute atomic E-state index is 12.7. The molecule has 0 bridgehead atoms. The summed E-state index contributed by atoms with van der Waals surface area (Å²) < 4.78 is 11.0. The Morgan fingerprint density at radius 2 is 1.85 bits per heavy atom. The van der Waals surface area contributed by atoms with Crippen LogP contribution in [0.5, 0.6) is 11.5 Å². The van der Waals surface area contributed by atoms with Gasteiger partial charge in [-0.1, -0.05) is 12.8 Å². The first-order chi connectivity index (χ1) is 12.0. The van der Waals surface area contributed by atoms with Gasteiger partial charge in [-0.15, -0.1) is 12.4 Å². The molecule has 0 unspecified atom stereocenters. The van der Waals surface area contributed by atoms with Crippen LogP contribution in [0.25, 0.3) is 0 Å². The molecule has 144 valence electrons. The van der Waals surface area contributed by atoms with Crippen LogP contribution in [0.3, 0.4) is 0 Å². The smallest absolute Gasteiger partial charge is 0.243 e. The van der Waals surface area contributed by atoms with Gasteiger partial charge in [0, 0.05) is 18.3 Å².